The molecule has 92 valence electrons. The van der Waals surface area contributed by atoms with E-state index in [1.54, 1.807) is 0 Å². The van der Waals surface area contributed by atoms with Gasteiger partial charge in [0.25, 0.3) is 0 Å². The van der Waals surface area contributed by atoms with Crippen LogP contribution in [0.25, 0.3) is 0 Å². The van der Waals surface area contributed by atoms with Crippen molar-refractivity contribution in [3.63, 3.8) is 0 Å². The van der Waals surface area contributed by atoms with Gasteiger partial charge in [-0.1, -0.05) is 55.8 Å². The Bertz CT molecular complexity index is 380. The standard InChI is InChI=1S/C15H19ClO/c16-14-8-4-7-13(9-14)11-15(17)10-12-5-2-1-3-6-12/h4,7-9,12H,1-3,5-6,10-11H2. The van der Waals surface area contributed by atoms with Gasteiger partial charge in [0.1, 0.15) is 5.78 Å². The lowest BCUT2D eigenvalue weighted by Crippen LogP contribution is -2.13. The summed E-state index contributed by atoms with van der Waals surface area (Å²) in [7, 11) is 0. The van der Waals surface area contributed by atoms with Crippen LogP contribution in [0.15, 0.2) is 24.3 Å². The van der Waals surface area contributed by atoms with Crippen molar-refractivity contribution in [2.75, 3.05) is 0 Å². The van der Waals surface area contributed by atoms with Crippen LogP contribution in [0.3, 0.4) is 0 Å². The molecule has 1 nitrogen and oxygen atoms in total. The molecule has 0 aliphatic heterocycles. The molecule has 1 aromatic carbocycles. The SMILES string of the molecule is O=C(Cc1cccc(Cl)c1)CC1CCCCC1. The van der Waals surface area contributed by atoms with E-state index in [9.17, 15) is 4.79 Å². The van der Waals surface area contributed by atoms with Gasteiger partial charge in [-0.05, 0) is 23.6 Å². The van der Waals surface area contributed by atoms with Gasteiger partial charge in [-0.15, -0.1) is 0 Å². The molecule has 0 bridgehead atoms. The van der Waals surface area contributed by atoms with Crippen LogP contribution < -0.4 is 0 Å². The number of carbonyl (C=O) groups is 1. The molecule has 0 aromatic heterocycles. The van der Waals surface area contributed by atoms with Crippen LogP contribution in [0.2, 0.25) is 5.02 Å². The Labute approximate surface area is 108 Å². The van der Waals surface area contributed by atoms with Crippen LogP contribution in [0, 0.1) is 5.92 Å². The van der Waals surface area contributed by atoms with Gasteiger partial charge < -0.3 is 0 Å². The van der Waals surface area contributed by atoms with E-state index in [1.165, 1.54) is 32.1 Å². The third kappa shape index (κ3) is 4.16. The van der Waals surface area contributed by atoms with Crippen LogP contribution >= 0.6 is 11.6 Å². The third-order valence-electron chi connectivity index (χ3n) is 3.53. The Morgan fingerprint density at radius 3 is 2.71 bits per heavy atom. The minimum Gasteiger partial charge on any atom is -0.299 e. The second-order valence-electron chi connectivity index (χ2n) is 5.05. The molecule has 0 unspecified atom stereocenters. The monoisotopic (exact) mass is 250 g/mol. The summed E-state index contributed by atoms with van der Waals surface area (Å²) in [5, 5.41) is 0.716. The molecule has 1 aliphatic rings. The van der Waals surface area contributed by atoms with Gasteiger partial charge in [0, 0.05) is 17.9 Å². The molecule has 0 spiro atoms. The van der Waals surface area contributed by atoms with Crippen LogP contribution in [0.1, 0.15) is 44.1 Å². The fourth-order valence-corrected chi connectivity index (χ4v) is 2.87. The highest BCUT2D eigenvalue weighted by Crippen LogP contribution is 2.26. The average Bonchev–Trinajstić information content (AvgIpc) is 2.30. The van der Waals surface area contributed by atoms with E-state index in [2.05, 4.69) is 0 Å². The Kier molecular flexibility index (Phi) is 4.61. The van der Waals surface area contributed by atoms with Crippen LogP contribution in [-0.2, 0) is 11.2 Å². The van der Waals surface area contributed by atoms with Crippen molar-refractivity contribution in [2.45, 2.75) is 44.9 Å². The molecule has 1 fully saturated rings. The van der Waals surface area contributed by atoms with Crippen molar-refractivity contribution >= 4 is 17.4 Å². The first kappa shape index (κ1) is 12.6. The first-order chi connectivity index (χ1) is 8.24. The van der Waals surface area contributed by atoms with E-state index in [0.717, 1.165) is 12.0 Å². The highest BCUT2D eigenvalue weighted by molar-refractivity contribution is 6.30. The Morgan fingerprint density at radius 2 is 2.00 bits per heavy atom. The molecule has 1 aromatic rings. The minimum absolute atomic E-state index is 0.360. The van der Waals surface area contributed by atoms with Gasteiger partial charge in [-0.3, -0.25) is 4.79 Å². The molecular weight excluding hydrogens is 232 g/mol. The van der Waals surface area contributed by atoms with Crippen molar-refractivity contribution in [1.82, 2.24) is 0 Å². The number of halogens is 1. The predicted octanol–water partition coefficient (Wildman–Crippen LogP) is 4.42. The fraction of sp³-hybridized carbons (Fsp3) is 0.533. The number of benzene rings is 1. The van der Waals surface area contributed by atoms with E-state index in [-0.39, 0.29) is 0 Å². The molecule has 1 aliphatic carbocycles. The highest BCUT2D eigenvalue weighted by Gasteiger charge is 2.17. The third-order valence-corrected chi connectivity index (χ3v) is 3.77. The lowest BCUT2D eigenvalue weighted by molar-refractivity contribution is -0.119. The number of carbonyl (C=O) groups excluding carboxylic acids is 1. The summed E-state index contributed by atoms with van der Waals surface area (Å²) in [6.07, 6.45) is 7.72. The number of Topliss-reactive ketones (excluding diaryl/α,β-unsaturated/α-hetero) is 1. The number of hydrogen-bond donors (Lipinski definition) is 0. The molecule has 0 heterocycles. The quantitative estimate of drug-likeness (QED) is 0.773. The van der Waals surface area contributed by atoms with Crippen molar-refractivity contribution in [1.29, 1.82) is 0 Å². The summed E-state index contributed by atoms with van der Waals surface area (Å²) in [5.41, 5.74) is 1.04. The minimum atomic E-state index is 0.360. The largest absolute Gasteiger partial charge is 0.299 e. The summed E-state index contributed by atoms with van der Waals surface area (Å²) < 4.78 is 0. The summed E-state index contributed by atoms with van der Waals surface area (Å²) in [6.45, 7) is 0. The normalized spacial score (nSPS) is 17.0. The molecule has 0 amide bonds. The van der Waals surface area contributed by atoms with E-state index in [1.807, 2.05) is 24.3 Å². The first-order valence-electron chi connectivity index (χ1n) is 6.50. The maximum atomic E-state index is 11.9. The van der Waals surface area contributed by atoms with E-state index < -0.39 is 0 Å². The van der Waals surface area contributed by atoms with Gasteiger partial charge in [-0.2, -0.15) is 0 Å². The molecular formula is C15H19ClO. The zero-order valence-corrected chi connectivity index (χ0v) is 10.9. The van der Waals surface area contributed by atoms with E-state index in [4.69, 9.17) is 11.6 Å². The molecule has 0 atom stereocenters. The zero-order chi connectivity index (χ0) is 12.1. The van der Waals surface area contributed by atoms with Gasteiger partial charge in [0.15, 0.2) is 0 Å². The maximum absolute atomic E-state index is 11.9. The van der Waals surface area contributed by atoms with Crippen molar-refractivity contribution in [3.8, 4) is 0 Å². The Morgan fingerprint density at radius 1 is 1.24 bits per heavy atom. The molecule has 2 heteroatoms. The topological polar surface area (TPSA) is 17.1 Å². The molecule has 0 radical (unpaired) electrons. The predicted molar refractivity (Wildman–Crippen MR) is 71.4 cm³/mol. The van der Waals surface area contributed by atoms with Gasteiger partial charge in [0.05, 0.1) is 0 Å². The lowest BCUT2D eigenvalue weighted by atomic mass is 9.85. The summed E-state index contributed by atoms with van der Waals surface area (Å²) in [4.78, 5) is 11.9. The van der Waals surface area contributed by atoms with Gasteiger partial charge in [0.2, 0.25) is 0 Å². The molecule has 0 saturated heterocycles. The smallest absolute Gasteiger partial charge is 0.137 e. The van der Waals surface area contributed by atoms with Crippen LogP contribution in [0.5, 0.6) is 0 Å². The molecule has 0 N–H and O–H groups in total. The summed E-state index contributed by atoms with van der Waals surface area (Å²) in [6, 6.07) is 7.62. The highest BCUT2D eigenvalue weighted by atomic mass is 35.5. The maximum Gasteiger partial charge on any atom is 0.137 e. The summed E-state index contributed by atoms with van der Waals surface area (Å²) >= 11 is 5.91. The van der Waals surface area contributed by atoms with Crippen molar-refractivity contribution in [3.05, 3.63) is 34.9 Å². The summed E-state index contributed by atoms with van der Waals surface area (Å²) in [5.74, 6) is 0.995. The molecule has 17 heavy (non-hydrogen) atoms. The van der Waals surface area contributed by atoms with E-state index >= 15 is 0 Å². The first-order valence-corrected chi connectivity index (χ1v) is 6.88. The second-order valence-corrected chi connectivity index (χ2v) is 5.49. The Balaban J connectivity index is 1.84. The van der Waals surface area contributed by atoms with Crippen molar-refractivity contribution in [2.24, 2.45) is 5.92 Å². The number of ketones is 1. The second kappa shape index (κ2) is 6.20. The van der Waals surface area contributed by atoms with Crippen LogP contribution in [0.4, 0.5) is 0 Å². The van der Waals surface area contributed by atoms with Crippen molar-refractivity contribution < 1.29 is 4.79 Å². The van der Waals surface area contributed by atoms with Gasteiger partial charge >= 0.3 is 0 Å². The van der Waals surface area contributed by atoms with E-state index in [0.29, 0.717) is 23.1 Å². The average molecular weight is 251 g/mol. The lowest BCUT2D eigenvalue weighted by Gasteiger charge is -2.20. The number of rotatable bonds is 4. The number of hydrogen-bond acceptors (Lipinski definition) is 1. The Hall–Kier alpha value is -0.820. The van der Waals surface area contributed by atoms with Gasteiger partial charge in [-0.25, -0.2) is 0 Å². The fourth-order valence-electron chi connectivity index (χ4n) is 2.66. The zero-order valence-electron chi connectivity index (χ0n) is 10.1. The van der Waals surface area contributed by atoms with Crippen LogP contribution in [-0.4, -0.2) is 5.78 Å². The molecule has 1 saturated carbocycles. The molecule has 2 rings (SSSR count).